The Morgan fingerprint density at radius 2 is 1.72 bits per heavy atom. The van der Waals surface area contributed by atoms with Gasteiger partial charge in [-0.1, -0.05) is 61.5 Å². The van der Waals surface area contributed by atoms with E-state index >= 15 is 0 Å². The summed E-state index contributed by atoms with van der Waals surface area (Å²) in [5.74, 6) is -0.271. The molecule has 0 bridgehead atoms. The summed E-state index contributed by atoms with van der Waals surface area (Å²) < 4.78 is 47.7. The largest absolute Gasteiger partial charge is 0.416 e. The van der Waals surface area contributed by atoms with Crippen molar-refractivity contribution in [2.75, 3.05) is 26.7 Å². The number of benzene rings is 3. The quantitative estimate of drug-likeness (QED) is 0.283. The fraction of sp³-hybridized carbons (Fsp3) is 0.382. The predicted octanol–water partition coefficient (Wildman–Crippen LogP) is 6.35. The van der Waals surface area contributed by atoms with Crippen LogP contribution in [0.15, 0.2) is 72.8 Å². The Bertz CT molecular complexity index is 1580. The Morgan fingerprint density at radius 1 is 1.05 bits per heavy atom. The minimum atomic E-state index is -4.38. The molecule has 3 aromatic carbocycles. The Hall–Kier alpha value is -3.66. The summed E-state index contributed by atoms with van der Waals surface area (Å²) >= 11 is 0. The fourth-order valence-corrected chi connectivity index (χ4v) is 6.01. The Labute approximate surface area is 250 Å². The number of fused-ring (bicyclic) bond motifs is 5. The number of hydrogen-bond donors (Lipinski definition) is 1. The van der Waals surface area contributed by atoms with Gasteiger partial charge in [0.05, 0.1) is 30.9 Å². The van der Waals surface area contributed by atoms with E-state index in [1.165, 1.54) is 12.1 Å². The molecule has 0 aliphatic carbocycles. The lowest BCUT2D eigenvalue weighted by Crippen LogP contribution is -2.47. The number of nitrogens with zero attached hydrogens (tertiary/aromatic N) is 3. The number of carbonyl (C=O) groups excluding carboxylic acids is 1. The van der Waals surface area contributed by atoms with Crippen LogP contribution in [0.25, 0.3) is 22.0 Å². The van der Waals surface area contributed by atoms with E-state index < -0.39 is 17.8 Å². The number of amides is 1. The summed E-state index contributed by atoms with van der Waals surface area (Å²) in [7, 11) is 3.82. The maximum atomic E-state index is 14.4. The summed E-state index contributed by atoms with van der Waals surface area (Å²) in [5, 5.41) is 11.2. The topological polar surface area (TPSA) is 57.9 Å². The van der Waals surface area contributed by atoms with E-state index in [9.17, 15) is 23.1 Å². The van der Waals surface area contributed by atoms with E-state index in [2.05, 4.69) is 0 Å². The molecular weight excluding hydrogens is 555 g/mol. The lowest BCUT2D eigenvalue weighted by atomic mass is 9.96. The molecule has 9 heteroatoms. The van der Waals surface area contributed by atoms with Crippen LogP contribution in [-0.4, -0.2) is 64.3 Å². The van der Waals surface area contributed by atoms with Crippen molar-refractivity contribution in [2.24, 2.45) is 13.0 Å². The van der Waals surface area contributed by atoms with Crippen LogP contribution in [0.4, 0.5) is 13.2 Å². The van der Waals surface area contributed by atoms with Crippen molar-refractivity contribution in [3.05, 3.63) is 95.2 Å². The number of aliphatic hydroxyl groups excluding tert-OH is 1. The number of carbonyl (C=O) groups is 1. The van der Waals surface area contributed by atoms with Gasteiger partial charge in [-0.15, -0.1) is 0 Å². The number of alkyl halides is 3. The van der Waals surface area contributed by atoms with Crippen LogP contribution < -0.4 is 0 Å². The predicted molar refractivity (Wildman–Crippen MR) is 161 cm³/mol. The van der Waals surface area contributed by atoms with Gasteiger partial charge in [0.25, 0.3) is 5.91 Å². The first-order valence-corrected chi connectivity index (χ1v) is 14.5. The molecule has 43 heavy (non-hydrogen) atoms. The van der Waals surface area contributed by atoms with Crippen molar-refractivity contribution < 1.29 is 27.8 Å². The smallest absolute Gasteiger partial charge is 0.394 e. The average Bonchev–Trinajstić information content (AvgIpc) is 3.28. The monoisotopic (exact) mass is 593 g/mol. The summed E-state index contributed by atoms with van der Waals surface area (Å²) in [6.45, 7) is 5.31. The van der Waals surface area contributed by atoms with Gasteiger partial charge in [0.1, 0.15) is 5.69 Å². The average molecular weight is 594 g/mol. The highest BCUT2D eigenvalue weighted by Gasteiger charge is 2.34. The van der Waals surface area contributed by atoms with Gasteiger partial charge in [0, 0.05) is 49.1 Å². The van der Waals surface area contributed by atoms with Crippen molar-refractivity contribution in [3.8, 4) is 11.1 Å². The van der Waals surface area contributed by atoms with E-state index in [4.69, 9.17) is 4.74 Å². The molecule has 228 valence electrons. The normalized spacial score (nSPS) is 18.8. The van der Waals surface area contributed by atoms with Gasteiger partial charge in [-0.2, -0.15) is 13.2 Å². The highest BCUT2D eigenvalue weighted by Crippen LogP contribution is 2.38. The van der Waals surface area contributed by atoms with Gasteiger partial charge in [-0.25, -0.2) is 0 Å². The van der Waals surface area contributed by atoms with Gasteiger partial charge in [0.2, 0.25) is 0 Å². The molecule has 1 amide bonds. The van der Waals surface area contributed by atoms with Crippen LogP contribution in [0.3, 0.4) is 0 Å². The molecule has 6 nitrogen and oxygen atoms in total. The minimum absolute atomic E-state index is 0.114. The van der Waals surface area contributed by atoms with E-state index in [1.54, 1.807) is 4.90 Å². The van der Waals surface area contributed by atoms with Crippen molar-refractivity contribution in [3.63, 3.8) is 0 Å². The lowest BCUT2D eigenvalue weighted by molar-refractivity contribution is -0.137. The maximum absolute atomic E-state index is 14.4. The second-order valence-corrected chi connectivity index (χ2v) is 11.7. The van der Waals surface area contributed by atoms with Crippen LogP contribution in [0.5, 0.6) is 0 Å². The molecule has 4 aromatic rings. The molecule has 3 atom stereocenters. The van der Waals surface area contributed by atoms with Crippen molar-refractivity contribution in [1.29, 1.82) is 0 Å². The van der Waals surface area contributed by atoms with E-state index in [0.717, 1.165) is 45.3 Å². The first kappa shape index (κ1) is 30.8. The molecule has 5 rings (SSSR count). The molecule has 0 saturated carbocycles. The van der Waals surface area contributed by atoms with Crippen LogP contribution in [-0.2, 0) is 31.1 Å². The van der Waals surface area contributed by atoms with E-state index in [1.807, 2.05) is 85.9 Å². The minimum Gasteiger partial charge on any atom is -0.394 e. The van der Waals surface area contributed by atoms with Gasteiger partial charge in [-0.3, -0.25) is 9.69 Å². The zero-order valence-corrected chi connectivity index (χ0v) is 24.9. The van der Waals surface area contributed by atoms with Crippen molar-refractivity contribution >= 4 is 16.8 Å². The fourth-order valence-electron chi connectivity index (χ4n) is 6.01. The second kappa shape index (κ2) is 12.5. The number of rotatable bonds is 6. The number of aromatic nitrogens is 1. The van der Waals surface area contributed by atoms with Gasteiger partial charge >= 0.3 is 6.18 Å². The van der Waals surface area contributed by atoms with E-state index in [-0.39, 0.29) is 24.5 Å². The van der Waals surface area contributed by atoms with Crippen LogP contribution in [0, 0.1) is 5.92 Å². The molecule has 2 heterocycles. The number of hydrogen-bond acceptors (Lipinski definition) is 4. The number of aryl methyl sites for hydroxylation is 1. The highest BCUT2D eigenvalue weighted by molar-refractivity contribution is 6.10. The number of aliphatic hydroxyl groups is 1. The van der Waals surface area contributed by atoms with Crippen LogP contribution in [0.1, 0.15) is 41.0 Å². The molecule has 1 aliphatic rings. The third kappa shape index (κ3) is 6.34. The molecular formula is C34H38F3N3O3. The molecule has 0 fully saturated rings. The van der Waals surface area contributed by atoms with Crippen molar-refractivity contribution in [2.45, 2.75) is 45.3 Å². The molecule has 0 unspecified atom stereocenters. The zero-order chi connectivity index (χ0) is 30.9. The number of ether oxygens (including phenoxy) is 1. The Morgan fingerprint density at radius 3 is 2.42 bits per heavy atom. The number of likely N-dealkylation sites (N-methyl/N-ethyl adjacent to an activating group) is 1. The molecule has 1 aromatic heterocycles. The molecule has 0 spiro atoms. The van der Waals surface area contributed by atoms with Gasteiger partial charge < -0.3 is 19.3 Å². The van der Waals surface area contributed by atoms with Crippen molar-refractivity contribution in [1.82, 2.24) is 14.4 Å². The third-order valence-electron chi connectivity index (χ3n) is 8.45. The standard InChI is InChI=1S/C34H38F3N3O3/c1-22-17-40(23(2)20-41)33(42)32-31(28-11-7-8-12-29(28)39(32)4)27-10-6-5-9-25(27)21-43-30(22)19-38(3)18-24-13-15-26(16-14-24)34(35,36)37/h5-16,22-23,30,41H,17-21H2,1-4H3/t22-,23+,30-/m0/s1. The second-order valence-electron chi connectivity index (χ2n) is 11.7. The van der Waals surface area contributed by atoms with Crippen LogP contribution >= 0.6 is 0 Å². The van der Waals surface area contributed by atoms with Crippen LogP contribution in [0.2, 0.25) is 0 Å². The number of para-hydroxylation sites is 1. The summed E-state index contributed by atoms with van der Waals surface area (Å²) in [6.07, 6.45) is -4.67. The summed E-state index contributed by atoms with van der Waals surface area (Å²) in [6, 6.07) is 20.7. The molecule has 0 saturated heterocycles. The van der Waals surface area contributed by atoms with Gasteiger partial charge in [0.15, 0.2) is 0 Å². The Kier molecular flexibility index (Phi) is 8.96. The SMILES string of the molecule is C[C@H](CO)N1C[C@H](C)[C@H](CN(C)Cc2ccc(C(F)(F)F)cc2)OCc2ccccc2-c2c(n(C)c3ccccc23)C1=O. The highest BCUT2D eigenvalue weighted by atomic mass is 19.4. The molecule has 0 radical (unpaired) electrons. The maximum Gasteiger partial charge on any atom is 0.416 e. The summed E-state index contributed by atoms with van der Waals surface area (Å²) in [4.78, 5) is 18.2. The lowest BCUT2D eigenvalue weighted by Gasteiger charge is -2.35. The Balaban J connectivity index is 1.51. The molecule has 1 aliphatic heterocycles. The van der Waals surface area contributed by atoms with E-state index in [0.29, 0.717) is 31.9 Å². The first-order valence-electron chi connectivity index (χ1n) is 14.5. The van der Waals surface area contributed by atoms with Gasteiger partial charge in [-0.05, 0) is 48.9 Å². The molecule has 1 N–H and O–H groups in total. The number of halogens is 3. The first-order chi connectivity index (χ1) is 20.5. The third-order valence-corrected chi connectivity index (χ3v) is 8.45. The summed E-state index contributed by atoms with van der Waals surface area (Å²) in [5.41, 5.74) is 4.33. The zero-order valence-electron chi connectivity index (χ0n) is 24.9.